The van der Waals surface area contributed by atoms with Gasteiger partial charge >= 0.3 is 0 Å². The summed E-state index contributed by atoms with van der Waals surface area (Å²) in [4.78, 5) is 0. The van der Waals surface area contributed by atoms with Crippen LogP contribution in [0.2, 0.25) is 0 Å². The monoisotopic (exact) mass is 167 g/mol. The lowest BCUT2D eigenvalue weighted by molar-refractivity contribution is 0.681. The number of nitrogens with zero attached hydrogens (tertiary/aromatic N) is 2. The van der Waals surface area contributed by atoms with Crippen LogP contribution in [-0.4, -0.2) is 16.3 Å². The van der Waals surface area contributed by atoms with Crippen molar-refractivity contribution in [2.24, 2.45) is 13.0 Å². The second-order valence-electron chi connectivity index (χ2n) is 3.57. The summed E-state index contributed by atoms with van der Waals surface area (Å²) in [7, 11) is 1.95. The van der Waals surface area contributed by atoms with E-state index in [-0.39, 0.29) is 0 Å². The first-order chi connectivity index (χ1) is 5.59. The van der Waals surface area contributed by atoms with E-state index in [1.54, 1.807) is 0 Å². The Labute approximate surface area is 73.8 Å². The first-order valence-corrected chi connectivity index (χ1v) is 4.34. The van der Waals surface area contributed by atoms with Crippen LogP contribution in [0.3, 0.4) is 0 Å². The Kier molecular flexibility index (Phi) is 2.74. The maximum Gasteiger partial charge on any atom is 0.148 e. The molecule has 0 bridgehead atoms. The van der Waals surface area contributed by atoms with E-state index < -0.39 is 0 Å². The van der Waals surface area contributed by atoms with Crippen LogP contribution in [0.5, 0.6) is 0 Å². The SMILES string of the molecule is Cc1cc(NCC(C)C)nn1C. The van der Waals surface area contributed by atoms with Crippen molar-refractivity contribution in [1.82, 2.24) is 9.78 Å². The van der Waals surface area contributed by atoms with E-state index in [2.05, 4.69) is 30.3 Å². The molecule has 0 spiro atoms. The molecule has 0 aliphatic carbocycles. The molecule has 0 unspecified atom stereocenters. The third-order valence-electron chi connectivity index (χ3n) is 1.81. The highest BCUT2D eigenvalue weighted by Crippen LogP contribution is 2.07. The highest BCUT2D eigenvalue weighted by atomic mass is 15.3. The second kappa shape index (κ2) is 3.61. The van der Waals surface area contributed by atoms with Crippen LogP contribution in [0.4, 0.5) is 5.82 Å². The van der Waals surface area contributed by atoms with Crippen molar-refractivity contribution >= 4 is 5.82 Å². The van der Waals surface area contributed by atoms with Gasteiger partial charge in [-0.25, -0.2) is 0 Å². The molecule has 1 aromatic heterocycles. The van der Waals surface area contributed by atoms with Crippen molar-refractivity contribution in [2.75, 3.05) is 11.9 Å². The van der Waals surface area contributed by atoms with E-state index in [1.165, 1.54) is 5.69 Å². The van der Waals surface area contributed by atoms with Gasteiger partial charge in [-0.2, -0.15) is 5.10 Å². The van der Waals surface area contributed by atoms with Gasteiger partial charge in [0.05, 0.1) is 0 Å². The van der Waals surface area contributed by atoms with Crippen molar-refractivity contribution in [3.63, 3.8) is 0 Å². The Morgan fingerprint density at radius 3 is 2.67 bits per heavy atom. The molecule has 0 aliphatic rings. The van der Waals surface area contributed by atoms with Gasteiger partial charge in [-0.05, 0) is 12.8 Å². The molecule has 0 saturated heterocycles. The van der Waals surface area contributed by atoms with Gasteiger partial charge in [0, 0.05) is 25.4 Å². The first kappa shape index (κ1) is 9.10. The van der Waals surface area contributed by atoms with E-state index >= 15 is 0 Å². The summed E-state index contributed by atoms with van der Waals surface area (Å²) in [5.41, 5.74) is 1.18. The number of anilines is 1. The standard InChI is InChI=1S/C9H17N3/c1-7(2)6-10-9-5-8(3)12(4)11-9/h5,7H,6H2,1-4H3,(H,10,11). The average Bonchev–Trinajstić information content (AvgIpc) is 2.28. The minimum atomic E-state index is 0.660. The Morgan fingerprint density at radius 2 is 2.25 bits per heavy atom. The molecule has 3 heteroatoms. The third kappa shape index (κ3) is 2.26. The van der Waals surface area contributed by atoms with Gasteiger partial charge < -0.3 is 5.32 Å². The maximum absolute atomic E-state index is 4.29. The molecule has 0 aliphatic heterocycles. The minimum absolute atomic E-state index is 0.660. The molecular weight excluding hydrogens is 150 g/mol. The molecule has 0 fully saturated rings. The van der Waals surface area contributed by atoms with E-state index in [1.807, 2.05) is 18.7 Å². The topological polar surface area (TPSA) is 29.9 Å². The normalized spacial score (nSPS) is 10.8. The predicted molar refractivity (Wildman–Crippen MR) is 51.3 cm³/mol. The van der Waals surface area contributed by atoms with Crippen molar-refractivity contribution in [1.29, 1.82) is 0 Å². The summed E-state index contributed by atoms with van der Waals surface area (Å²) in [5.74, 6) is 1.64. The number of hydrogen-bond acceptors (Lipinski definition) is 2. The lowest BCUT2D eigenvalue weighted by atomic mass is 10.2. The fraction of sp³-hybridized carbons (Fsp3) is 0.667. The molecule has 1 N–H and O–H groups in total. The van der Waals surface area contributed by atoms with Gasteiger partial charge in [0.25, 0.3) is 0 Å². The summed E-state index contributed by atoms with van der Waals surface area (Å²) < 4.78 is 1.88. The first-order valence-electron chi connectivity index (χ1n) is 4.34. The molecule has 1 heterocycles. The van der Waals surface area contributed by atoms with Crippen molar-refractivity contribution in [3.05, 3.63) is 11.8 Å². The molecular formula is C9H17N3. The Balaban J connectivity index is 2.53. The zero-order chi connectivity index (χ0) is 9.14. The number of aryl methyl sites for hydroxylation is 2. The summed E-state index contributed by atoms with van der Waals surface area (Å²) in [6.45, 7) is 7.40. The lowest BCUT2D eigenvalue weighted by Gasteiger charge is -2.04. The summed E-state index contributed by atoms with van der Waals surface area (Å²) in [6.07, 6.45) is 0. The van der Waals surface area contributed by atoms with Gasteiger partial charge in [-0.15, -0.1) is 0 Å². The zero-order valence-electron chi connectivity index (χ0n) is 8.26. The van der Waals surface area contributed by atoms with Gasteiger partial charge in [-0.3, -0.25) is 4.68 Å². The van der Waals surface area contributed by atoms with Crippen LogP contribution in [0.15, 0.2) is 6.07 Å². The van der Waals surface area contributed by atoms with Crippen LogP contribution >= 0.6 is 0 Å². The Bertz CT molecular complexity index is 231. The summed E-state index contributed by atoms with van der Waals surface area (Å²) >= 11 is 0. The van der Waals surface area contributed by atoms with E-state index in [0.717, 1.165) is 12.4 Å². The highest BCUT2D eigenvalue weighted by molar-refractivity contribution is 5.35. The Morgan fingerprint density at radius 1 is 1.58 bits per heavy atom. The van der Waals surface area contributed by atoms with Crippen LogP contribution in [0.1, 0.15) is 19.5 Å². The number of rotatable bonds is 3. The third-order valence-corrected chi connectivity index (χ3v) is 1.81. The van der Waals surface area contributed by atoms with Crippen LogP contribution < -0.4 is 5.32 Å². The molecule has 0 radical (unpaired) electrons. The van der Waals surface area contributed by atoms with Gasteiger partial charge in [0.2, 0.25) is 0 Å². The fourth-order valence-electron chi connectivity index (χ4n) is 0.956. The van der Waals surface area contributed by atoms with Crippen molar-refractivity contribution in [3.8, 4) is 0 Å². The smallest absolute Gasteiger partial charge is 0.148 e. The van der Waals surface area contributed by atoms with Crippen molar-refractivity contribution < 1.29 is 0 Å². The van der Waals surface area contributed by atoms with E-state index in [0.29, 0.717) is 5.92 Å². The molecule has 0 amide bonds. The van der Waals surface area contributed by atoms with Crippen molar-refractivity contribution in [2.45, 2.75) is 20.8 Å². The van der Waals surface area contributed by atoms with Gasteiger partial charge in [0.15, 0.2) is 0 Å². The molecule has 0 saturated carbocycles. The van der Waals surface area contributed by atoms with Gasteiger partial charge in [0.1, 0.15) is 5.82 Å². The molecule has 12 heavy (non-hydrogen) atoms. The number of aromatic nitrogens is 2. The molecule has 0 atom stereocenters. The van der Waals surface area contributed by atoms with Crippen LogP contribution in [0.25, 0.3) is 0 Å². The summed E-state index contributed by atoms with van der Waals surface area (Å²) in [5, 5.41) is 7.56. The number of nitrogens with one attached hydrogen (secondary N) is 1. The predicted octanol–water partition coefficient (Wildman–Crippen LogP) is 1.80. The van der Waals surface area contributed by atoms with Crippen LogP contribution in [0, 0.1) is 12.8 Å². The second-order valence-corrected chi connectivity index (χ2v) is 3.57. The Hall–Kier alpha value is -0.990. The minimum Gasteiger partial charge on any atom is -0.368 e. The maximum atomic E-state index is 4.29. The highest BCUT2D eigenvalue weighted by Gasteiger charge is 2.00. The molecule has 1 rings (SSSR count). The molecule has 0 aromatic carbocycles. The number of hydrogen-bond donors (Lipinski definition) is 1. The fourth-order valence-corrected chi connectivity index (χ4v) is 0.956. The lowest BCUT2D eigenvalue weighted by Crippen LogP contribution is -2.08. The quantitative estimate of drug-likeness (QED) is 0.744. The average molecular weight is 167 g/mol. The molecule has 1 aromatic rings. The molecule has 3 nitrogen and oxygen atoms in total. The van der Waals surface area contributed by atoms with E-state index in [4.69, 9.17) is 0 Å². The van der Waals surface area contributed by atoms with Gasteiger partial charge in [-0.1, -0.05) is 13.8 Å². The summed E-state index contributed by atoms with van der Waals surface area (Å²) in [6, 6.07) is 2.06. The van der Waals surface area contributed by atoms with Crippen LogP contribution in [-0.2, 0) is 7.05 Å². The van der Waals surface area contributed by atoms with E-state index in [9.17, 15) is 0 Å². The largest absolute Gasteiger partial charge is 0.368 e. The zero-order valence-corrected chi connectivity index (χ0v) is 8.26. The molecule has 68 valence electrons.